The fourth-order valence-corrected chi connectivity index (χ4v) is 5.42. The van der Waals surface area contributed by atoms with Gasteiger partial charge in [0, 0.05) is 38.2 Å². The van der Waals surface area contributed by atoms with E-state index in [1.807, 2.05) is 84.9 Å². The lowest BCUT2D eigenvalue weighted by Gasteiger charge is -2.35. The summed E-state index contributed by atoms with van der Waals surface area (Å²) in [4.78, 5) is 26.7. The first-order chi connectivity index (χ1) is 21.6. The molecule has 44 heavy (non-hydrogen) atoms. The van der Waals surface area contributed by atoms with E-state index in [0.717, 1.165) is 16.9 Å². The predicted octanol–water partition coefficient (Wildman–Crippen LogP) is 6.77. The molecule has 0 unspecified atom stereocenters. The molecule has 0 N–H and O–H groups in total. The van der Waals surface area contributed by atoms with Crippen molar-refractivity contribution in [1.82, 2.24) is 20.0 Å². The number of piperazine rings is 1. The maximum atomic E-state index is 14.4. The molecule has 0 atom stereocenters. The van der Waals surface area contributed by atoms with Gasteiger partial charge in [0.2, 0.25) is 0 Å². The lowest BCUT2D eigenvalue weighted by atomic mass is 10.1. The molecule has 1 saturated heterocycles. The normalized spacial score (nSPS) is 13.3. The minimum Gasteiger partial charge on any atom is -0.457 e. The van der Waals surface area contributed by atoms with Crippen LogP contribution in [0.2, 0.25) is 0 Å². The second kappa shape index (κ2) is 12.0. The average Bonchev–Trinajstić information content (AvgIpc) is 3.50. The Morgan fingerprint density at radius 1 is 0.795 bits per heavy atom. The molecule has 1 amide bonds. The number of anilines is 1. The Morgan fingerprint density at radius 3 is 2.27 bits per heavy atom. The van der Waals surface area contributed by atoms with Crippen molar-refractivity contribution in [3.8, 4) is 22.8 Å². The number of hydrogen-bond acceptors (Lipinski definition) is 7. The molecular weight excluding hydrogens is 557 g/mol. The number of carbonyl (C=O) groups is 1. The maximum absolute atomic E-state index is 14.4. The van der Waals surface area contributed by atoms with Crippen LogP contribution in [-0.2, 0) is 6.42 Å². The Bertz CT molecular complexity index is 1920. The zero-order valence-electron chi connectivity index (χ0n) is 23.8. The number of aromatic nitrogens is 3. The molecule has 0 spiro atoms. The van der Waals surface area contributed by atoms with Gasteiger partial charge < -0.3 is 19.1 Å². The molecule has 0 bridgehead atoms. The lowest BCUT2D eigenvalue weighted by molar-refractivity contribution is 0.0742. The summed E-state index contributed by atoms with van der Waals surface area (Å²) in [6.07, 6.45) is 0.520. The number of benzene rings is 4. The van der Waals surface area contributed by atoms with E-state index in [-0.39, 0.29) is 11.5 Å². The zero-order valence-corrected chi connectivity index (χ0v) is 23.8. The van der Waals surface area contributed by atoms with Crippen LogP contribution in [-0.4, -0.2) is 52.1 Å². The molecule has 3 heterocycles. The molecule has 6 aromatic rings. The Kier molecular flexibility index (Phi) is 7.42. The Balaban J connectivity index is 1.23. The molecule has 4 aromatic carbocycles. The number of carbonyl (C=O) groups excluding carboxylic acids is 1. The van der Waals surface area contributed by atoms with Crippen LogP contribution in [0.15, 0.2) is 114 Å². The minimum absolute atomic E-state index is 0.0782. The molecule has 218 valence electrons. The van der Waals surface area contributed by atoms with Gasteiger partial charge in [-0.15, -0.1) is 0 Å². The van der Waals surface area contributed by atoms with Gasteiger partial charge in [-0.3, -0.25) is 4.79 Å². The monoisotopic (exact) mass is 585 g/mol. The summed E-state index contributed by atoms with van der Waals surface area (Å²) in [7, 11) is 0. The molecule has 2 aromatic heterocycles. The number of rotatable bonds is 7. The molecule has 0 aliphatic carbocycles. The van der Waals surface area contributed by atoms with E-state index < -0.39 is 5.82 Å². The smallest absolute Gasteiger partial charge is 0.263 e. The minimum atomic E-state index is -0.518. The van der Waals surface area contributed by atoms with Gasteiger partial charge in [0.1, 0.15) is 40.0 Å². The molecular formula is C35H28FN5O3. The van der Waals surface area contributed by atoms with Crippen LogP contribution in [0.5, 0.6) is 11.5 Å². The summed E-state index contributed by atoms with van der Waals surface area (Å²) in [6, 6.07) is 33.3. The van der Waals surface area contributed by atoms with Crippen molar-refractivity contribution in [2.45, 2.75) is 6.42 Å². The molecule has 0 radical (unpaired) electrons. The van der Waals surface area contributed by atoms with Crippen LogP contribution >= 0.6 is 0 Å². The number of ether oxygens (including phenoxy) is 1. The fraction of sp³-hybridized carbons (Fsp3) is 0.143. The van der Waals surface area contributed by atoms with E-state index in [1.54, 1.807) is 17.0 Å². The van der Waals surface area contributed by atoms with Gasteiger partial charge in [-0.1, -0.05) is 78.0 Å². The molecule has 8 nitrogen and oxygen atoms in total. The summed E-state index contributed by atoms with van der Waals surface area (Å²) in [5.41, 5.74) is 2.93. The molecule has 1 fully saturated rings. The van der Waals surface area contributed by atoms with Crippen molar-refractivity contribution in [3.63, 3.8) is 0 Å². The van der Waals surface area contributed by atoms with Crippen molar-refractivity contribution in [1.29, 1.82) is 0 Å². The van der Waals surface area contributed by atoms with Crippen molar-refractivity contribution >= 4 is 22.8 Å². The Labute approximate surface area is 253 Å². The van der Waals surface area contributed by atoms with Gasteiger partial charge in [0.15, 0.2) is 0 Å². The Morgan fingerprint density at radius 2 is 1.50 bits per heavy atom. The first-order valence-corrected chi connectivity index (χ1v) is 14.4. The highest BCUT2D eigenvalue weighted by Crippen LogP contribution is 2.36. The molecule has 1 aliphatic rings. The number of halogens is 1. The van der Waals surface area contributed by atoms with Crippen molar-refractivity contribution in [3.05, 3.63) is 132 Å². The Hall–Kier alpha value is -5.57. The average molecular weight is 586 g/mol. The van der Waals surface area contributed by atoms with Crippen LogP contribution in [0.1, 0.15) is 21.7 Å². The van der Waals surface area contributed by atoms with Gasteiger partial charge in [0.25, 0.3) is 11.6 Å². The van der Waals surface area contributed by atoms with Crippen molar-refractivity contribution in [2.75, 3.05) is 31.1 Å². The molecule has 7 rings (SSSR count). The SMILES string of the molecule is O=C(c1ccccc1F)N1CCN(c2nc(Cc3ccccc3)nc3onc(-c4cccc(Oc5ccccc5)c4)c23)CC1. The highest BCUT2D eigenvalue weighted by atomic mass is 19.1. The second-order valence-corrected chi connectivity index (χ2v) is 10.5. The van der Waals surface area contributed by atoms with Crippen LogP contribution in [0.3, 0.4) is 0 Å². The number of fused-ring (bicyclic) bond motifs is 1. The third-order valence-electron chi connectivity index (χ3n) is 7.63. The maximum Gasteiger partial charge on any atom is 0.263 e. The van der Waals surface area contributed by atoms with Gasteiger partial charge >= 0.3 is 0 Å². The van der Waals surface area contributed by atoms with Crippen LogP contribution in [0, 0.1) is 5.82 Å². The third kappa shape index (κ3) is 5.59. The zero-order chi connectivity index (χ0) is 29.9. The summed E-state index contributed by atoms with van der Waals surface area (Å²) >= 11 is 0. The molecule has 1 aliphatic heterocycles. The fourth-order valence-electron chi connectivity index (χ4n) is 5.42. The van der Waals surface area contributed by atoms with E-state index in [2.05, 4.69) is 10.1 Å². The van der Waals surface area contributed by atoms with Crippen LogP contribution in [0.4, 0.5) is 10.2 Å². The first-order valence-electron chi connectivity index (χ1n) is 14.4. The number of amides is 1. The highest BCUT2D eigenvalue weighted by Gasteiger charge is 2.28. The number of para-hydroxylation sites is 1. The number of nitrogens with zero attached hydrogens (tertiary/aromatic N) is 5. The summed E-state index contributed by atoms with van der Waals surface area (Å²) in [5.74, 6) is 1.84. The summed E-state index contributed by atoms with van der Waals surface area (Å²) < 4.78 is 26.3. The van der Waals surface area contributed by atoms with Crippen molar-refractivity contribution < 1.29 is 18.4 Å². The van der Waals surface area contributed by atoms with Gasteiger partial charge in [0.05, 0.1) is 5.56 Å². The lowest BCUT2D eigenvalue weighted by Crippen LogP contribution is -2.49. The summed E-state index contributed by atoms with van der Waals surface area (Å²) in [5, 5.41) is 5.13. The van der Waals surface area contributed by atoms with Gasteiger partial charge in [-0.2, -0.15) is 4.98 Å². The standard InChI is InChI=1S/C35H28FN5O3/c36-29-17-8-7-16-28(29)35(42)41-20-18-40(19-21-41)33-31-32(25-12-9-15-27(23-25)43-26-13-5-2-6-14-26)39-44-34(31)38-30(37-33)22-24-10-3-1-4-11-24/h1-17,23H,18-22H2. The van der Waals surface area contributed by atoms with Crippen LogP contribution in [0.25, 0.3) is 22.4 Å². The molecule has 0 saturated carbocycles. The summed E-state index contributed by atoms with van der Waals surface area (Å²) in [6.45, 7) is 1.82. The largest absolute Gasteiger partial charge is 0.457 e. The van der Waals surface area contributed by atoms with E-state index in [1.165, 1.54) is 12.1 Å². The van der Waals surface area contributed by atoms with Gasteiger partial charge in [-0.05, 0) is 42.0 Å². The van der Waals surface area contributed by atoms with Crippen LogP contribution < -0.4 is 9.64 Å². The quantitative estimate of drug-likeness (QED) is 0.204. The topological polar surface area (TPSA) is 84.6 Å². The second-order valence-electron chi connectivity index (χ2n) is 10.5. The predicted molar refractivity (Wildman–Crippen MR) is 165 cm³/mol. The van der Waals surface area contributed by atoms with Crippen molar-refractivity contribution in [2.24, 2.45) is 0 Å². The number of hydrogen-bond donors (Lipinski definition) is 0. The van der Waals surface area contributed by atoms with E-state index in [9.17, 15) is 9.18 Å². The van der Waals surface area contributed by atoms with E-state index in [4.69, 9.17) is 19.2 Å². The first kappa shape index (κ1) is 27.3. The third-order valence-corrected chi connectivity index (χ3v) is 7.63. The van der Waals surface area contributed by atoms with E-state index in [0.29, 0.717) is 66.8 Å². The van der Waals surface area contributed by atoms with E-state index >= 15 is 0 Å². The van der Waals surface area contributed by atoms with Gasteiger partial charge in [-0.25, -0.2) is 9.37 Å². The molecule has 9 heteroatoms. The highest BCUT2D eigenvalue weighted by molar-refractivity contribution is 5.98.